The predicted molar refractivity (Wildman–Crippen MR) is 161 cm³/mol. The average Bonchev–Trinajstić information content (AvgIpc) is 3.38. The van der Waals surface area contributed by atoms with Crippen LogP contribution in [0.15, 0.2) is 138 Å². The van der Waals surface area contributed by atoms with Crippen molar-refractivity contribution in [1.29, 1.82) is 0 Å². The minimum atomic E-state index is 0.139. The molecule has 0 aliphatic heterocycles. The van der Waals surface area contributed by atoms with Crippen molar-refractivity contribution in [2.45, 2.75) is 6.42 Å². The van der Waals surface area contributed by atoms with Crippen LogP contribution < -0.4 is 0 Å². The van der Waals surface area contributed by atoms with E-state index in [4.69, 9.17) is 9.90 Å². The first-order chi connectivity index (χ1) is 20.5. The number of hydrogen-bond acceptors (Lipinski definition) is 1. The van der Waals surface area contributed by atoms with Crippen molar-refractivity contribution in [2.75, 3.05) is 0 Å². The van der Waals surface area contributed by atoms with Crippen molar-refractivity contribution in [3.63, 3.8) is 0 Å². The maximum Gasteiger partial charge on any atom is 0.143 e. The monoisotopic (exact) mass is 488 g/mol. The molecule has 8 aromatic rings. The van der Waals surface area contributed by atoms with E-state index >= 15 is 0 Å². The molecular formula is C37H24O. The third kappa shape index (κ3) is 3.19. The fraction of sp³-hybridized carbons (Fsp3) is 0.0270. The molecule has 0 radical (unpaired) electrons. The lowest BCUT2D eigenvalue weighted by atomic mass is 9.86. The largest absolute Gasteiger partial charge is 0.455 e. The Morgan fingerprint density at radius 3 is 1.97 bits per heavy atom. The molecule has 178 valence electrons. The molecule has 0 N–H and O–H groups in total. The molecule has 1 aromatic heterocycles. The highest BCUT2D eigenvalue weighted by molar-refractivity contribution is 6.20. The number of fused-ring (bicyclic) bond motifs is 6. The van der Waals surface area contributed by atoms with Gasteiger partial charge in [0.25, 0.3) is 0 Å². The van der Waals surface area contributed by atoms with Crippen LogP contribution in [0.3, 0.4) is 0 Å². The maximum atomic E-state index is 8.60. The van der Waals surface area contributed by atoms with Crippen molar-refractivity contribution < 1.29 is 9.90 Å². The summed E-state index contributed by atoms with van der Waals surface area (Å²) in [5, 5.41) is 7.77. The van der Waals surface area contributed by atoms with E-state index < -0.39 is 0 Å². The van der Waals surface area contributed by atoms with Gasteiger partial charge in [0.05, 0.1) is 5.48 Å². The highest BCUT2D eigenvalue weighted by atomic mass is 16.3. The summed E-state index contributed by atoms with van der Waals surface area (Å²) in [5.74, 6) is 0. The number of rotatable bonds is 3. The lowest BCUT2D eigenvalue weighted by Crippen LogP contribution is -1.95. The third-order valence-electron chi connectivity index (χ3n) is 7.67. The minimum Gasteiger partial charge on any atom is -0.455 e. The van der Waals surface area contributed by atoms with Gasteiger partial charge in [-0.1, -0.05) is 127 Å². The SMILES string of the molecule is [2H]c1cc2c(Cc3ccc4ccccc4c3)c3cc([2H])c([2H])cc3c(-c3cccc4c3oc3ccccc34)c2cc1[2H]. The molecule has 0 amide bonds. The van der Waals surface area contributed by atoms with Crippen LogP contribution >= 0.6 is 0 Å². The Bertz CT molecular complexity index is 2320. The number of para-hydroxylation sites is 2. The van der Waals surface area contributed by atoms with E-state index in [1.54, 1.807) is 24.3 Å². The van der Waals surface area contributed by atoms with Gasteiger partial charge in [0.15, 0.2) is 0 Å². The number of benzene rings is 7. The first kappa shape index (κ1) is 17.6. The smallest absolute Gasteiger partial charge is 0.143 e. The molecule has 0 spiro atoms. The summed E-state index contributed by atoms with van der Waals surface area (Å²) in [7, 11) is 0. The van der Waals surface area contributed by atoms with Crippen LogP contribution in [0.4, 0.5) is 0 Å². The van der Waals surface area contributed by atoms with E-state index in [2.05, 4.69) is 42.5 Å². The minimum absolute atomic E-state index is 0.139. The highest BCUT2D eigenvalue weighted by Gasteiger charge is 2.19. The first-order valence-electron chi connectivity index (χ1n) is 14.8. The Morgan fingerprint density at radius 2 is 1.18 bits per heavy atom. The summed E-state index contributed by atoms with van der Waals surface area (Å²) in [6.45, 7) is 0. The van der Waals surface area contributed by atoms with Gasteiger partial charge in [-0.3, -0.25) is 0 Å². The van der Waals surface area contributed by atoms with Gasteiger partial charge in [-0.15, -0.1) is 0 Å². The second-order valence-electron chi connectivity index (χ2n) is 9.80. The molecule has 0 aliphatic carbocycles. The quantitative estimate of drug-likeness (QED) is 0.225. The fourth-order valence-corrected chi connectivity index (χ4v) is 5.95. The zero-order valence-electron chi connectivity index (χ0n) is 24.5. The van der Waals surface area contributed by atoms with E-state index in [-0.39, 0.29) is 24.2 Å². The van der Waals surface area contributed by atoms with E-state index in [0.29, 0.717) is 6.42 Å². The zero-order valence-corrected chi connectivity index (χ0v) is 20.5. The molecule has 0 bridgehead atoms. The summed E-state index contributed by atoms with van der Waals surface area (Å²) < 4.78 is 40.8. The molecule has 0 saturated carbocycles. The van der Waals surface area contributed by atoms with Crippen LogP contribution in [-0.4, -0.2) is 0 Å². The standard InChI is InChI=1S/C37H24O/c1-2-11-26-22-24(20-21-25(26)10-1)23-34-27-12-3-5-15-30(27)36(31-16-6-4-13-28(31)34)33-18-9-17-32-29-14-7-8-19-35(29)38-37(32)33/h1-22H,23H2/i3D,4D,5D,6D. The van der Waals surface area contributed by atoms with Crippen LogP contribution in [0.25, 0.3) is 65.4 Å². The van der Waals surface area contributed by atoms with Gasteiger partial charge in [-0.05, 0) is 55.9 Å². The Balaban J connectivity index is 1.50. The second kappa shape index (κ2) is 8.33. The van der Waals surface area contributed by atoms with Gasteiger partial charge in [0.2, 0.25) is 0 Å². The summed E-state index contributed by atoms with van der Waals surface area (Å²) in [6.07, 6.45) is 0.584. The second-order valence-corrected chi connectivity index (χ2v) is 9.80. The maximum absolute atomic E-state index is 8.60. The summed E-state index contributed by atoms with van der Waals surface area (Å²) in [4.78, 5) is 0. The Hall–Kier alpha value is -4.88. The van der Waals surface area contributed by atoms with Crippen molar-refractivity contribution >= 4 is 54.3 Å². The number of hydrogen-bond donors (Lipinski definition) is 0. The van der Waals surface area contributed by atoms with Crippen LogP contribution in [0.2, 0.25) is 0 Å². The van der Waals surface area contributed by atoms with Crippen LogP contribution in [0, 0.1) is 0 Å². The molecule has 0 aliphatic rings. The van der Waals surface area contributed by atoms with Crippen LogP contribution in [0.1, 0.15) is 16.6 Å². The zero-order chi connectivity index (χ0) is 28.5. The summed E-state index contributed by atoms with van der Waals surface area (Å²) in [5.41, 5.74) is 5.36. The fourth-order valence-electron chi connectivity index (χ4n) is 5.95. The van der Waals surface area contributed by atoms with Gasteiger partial charge in [0, 0.05) is 21.9 Å². The lowest BCUT2D eigenvalue weighted by Gasteiger charge is -2.18. The average molecular weight is 489 g/mol. The van der Waals surface area contributed by atoms with Gasteiger partial charge >= 0.3 is 0 Å². The predicted octanol–water partition coefficient (Wildman–Crippen LogP) is 10.3. The molecule has 0 saturated heterocycles. The Kier molecular flexibility index (Phi) is 3.85. The molecule has 0 atom stereocenters. The topological polar surface area (TPSA) is 13.1 Å². The van der Waals surface area contributed by atoms with Crippen molar-refractivity contribution in [2.24, 2.45) is 0 Å². The molecule has 0 fully saturated rings. The third-order valence-corrected chi connectivity index (χ3v) is 7.67. The van der Waals surface area contributed by atoms with Crippen molar-refractivity contribution in [1.82, 2.24) is 0 Å². The van der Waals surface area contributed by atoms with Gasteiger partial charge in [-0.2, -0.15) is 0 Å². The summed E-state index contributed by atoms with van der Waals surface area (Å²) in [6, 6.07) is 36.5. The van der Waals surface area contributed by atoms with Gasteiger partial charge in [-0.25, -0.2) is 0 Å². The van der Waals surface area contributed by atoms with E-state index in [0.717, 1.165) is 71.1 Å². The van der Waals surface area contributed by atoms with Gasteiger partial charge in [0.1, 0.15) is 11.2 Å². The van der Waals surface area contributed by atoms with Crippen molar-refractivity contribution in [3.05, 3.63) is 144 Å². The van der Waals surface area contributed by atoms with E-state index in [9.17, 15) is 0 Å². The lowest BCUT2D eigenvalue weighted by molar-refractivity contribution is 0.670. The van der Waals surface area contributed by atoms with Crippen LogP contribution in [0.5, 0.6) is 0 Å². The molecule has 0 unspecified atom stereocenters. The Labute approximate surface area is 226 Å². The van der Waals surface area contributed by atoms with Crippen LogP contribution in [-0.2, 0) is 6.42 Å². The summed E-state index contributed by atoms with van der Waals surface area (Å²) >= 11 is 0. The number of furan rings is 1. The molecule has 8 rings (SSSR count). The molecule has 7 aromatic carbocycles. The first-order valence-corrected chi connectivity index (χ1v) is 12.8. The molecule has 1 heteroatoms. The van der Waals surface area contributed by atoms with E-state index in [1.807, 2.05) is 42.5 Å². The van der Waals surface area contributed by atoms with E-state index in [1.165, 1.54) is 5.39 Å². The molecular weight excluding hydrogens is 460 g/mol. The van der Waals surface area contributed by atoms with Gasteiger partial charge < -0.3 is 4.42 Å². The Morgan fingerprint density at radius 1 is 0.526 bits per heavy atom. The normalized spacial score (nSPS) is 13.3. The highest BCUT2D eigenvalue weighted by Crippen LogP contribution is 2.44. The molecule has 38 heavy (non-hydrogen) atoms. The molecule has 1 nitrogen and oxygen atoms in total. The molecule has 1 heterocycles. The van der Waals surface area contributed by atoms with Crippen molar-refractivity contribution in [3.8, 4) is 11.1 Å².